The van der Waals surface area contributed by atoms with Gasteiger partial charge in [0, 0.05) is 6.92 Å². The Balaban J connectivity index is 2.94. The van der Waals surface area contributed by atoms with Crippen LogP contribution in [0.5, 0.6) is 0 Å². The number of rotatable bonds is 7. The Kier molecular flexibility index (Phi) is 7.06. The highest BCUT2D eigenvalue weighted by atomic mass is 16.5. The molecule has 0 saturated carbocycles. The minimum Gasteiger partial charge on any atom is -0.461 e. The predicted molar refractivity (Wildman–Crippen MR) is 84.5 cm³/mol. The van der Waals surface area contributed by atoms with E-state index in [0.29, 0.717) is 12.5 Å². The van der Waals surface area contributed by atoms with Gasteiger partial charge in [0.2, 0.25) is 0 Å². The Morgan fingerprint density at radius 3 is 2.60 bits per heavy atom. The fourth-order valence-electron chi connectivity index (χ4n) is 2.03. The van der Waals surface area contributed by atoms with Crippen molar-refractivity contribution in [3.05, 3.63) is 41.0 Å². The van der Waals surface area contributed by atoms with Crippen molar-refractivity contribution in [2.24, 2.45) is 5.92 Å². The second-order valence-corrected chi connectivity index (χ2v) is 5.46. The molecule has 0 bridgehead atoms. The second kappa shape index (κ2) is 8.57. The summed E-state index contributed by atoms with van der Waals surface area (Å²) in [6.45, 7) is 8.30. The molecular formula is C18H26O2. The van der Waals surface area contributed by atoms with E-state index in [9.17, 15) is 4.79 Å². The van der Waals surface area contributed by atoms with Gasteiger partial charge in [-0.3, -0.25) is 4.79 Å². The van der Waals surface area contributed by atoms with Crippen LogP contribution in [0.1, 0.15) is 51.7 Å². The maximum Gasteiger partial charge on any atom is 0.302 e. The number of ether oxygens (including phenoxy) is 1. The molecule has 2 nitrogen and oxygen atoms in total. The van der Waals surface area contributed by atoms with Gasteiger partial charge in [-0.15, -0.1) is 0 Å². The average molecular weight is 274 g/mol. The lowest BCUT2D eigenvalue weighted by atomic mass is 9.96. The van der Waals surface area contributed by atoms with Gasteiger partial charge in [-0.05, 0) is 35.5 Å². The van der Waals surface area contributed by atoms with Gasteiger partial charge in [-0.2, -0.15) is 0 Å². The zero-order valence-electron chi connectivity index (χ0n) is 13.1. The molecule has 0 aliphatic heterocycles. The third-order valence-corrected chi connectivity index (χ3v) is 3.38. The molecular weight excluding hydrogens is 248 g/mol. The van der Waals surface area contributed by atoms with Gasteiger partial charge < -0.3 is 4.74 Å². The zero-order valence-corrected chi connectivity index (χ0v) is 13.1. The van der Waals surface area contributed by atoms with Crippen molar-refractivity contribution in [2.75, 3.05) is 6.61 Å². The van der Waals surface area contributed by atoms with E-state index in [2.05, 4.69) is 51.1 Å². The molecule has 0 N–H and O–H groups in total. The molecule has 0 saturated heterocycles. The SMILES string of the molecule is CCCCc1ccccc1C=C(COC(C)=O)C(C)C. The summed E-state index contributed by atoms with van der Waals surface area (Å²) in [5.74, 6) is 0.143. The van der Waals surface area contributed by atoms with E-state index >= 15 is 0 Å². The highest BCUT2D eigenvalue weighted by Crippen LogP contribution is 2.19. The Bertz CT molecular complexity index is 458. The van der Waals surface area contributed by atoms with Gasteiger partial charge in [0.05, 0.1) is 0 Å². The molecule has 1 rings (SSSR count). The summed E-state index contributed by atoms with van der Waals surface area (Å²) < 4.78 is 5.15. The molecule has 0 amide bonds. The van der Waals surface area contributed by atoms with E-state index in [1.165, 1.54) is 30.9 Å². The number of hydrogen-bond acceptors (Lipinski definition) is 2. The lowest BCUT2D eigenvalue weighted by molar-refractivity contribution is -0.140. The van der Waals surface area contributed by atoms with E-state index in [0.717, 1.165) is 12.0 Å². The van der Waals surface area contributed by atoms with Crippen molar-refractivity contribution in [1.29, 1.82) is 0 Å². The van der Waals surface area contributed by atoms with E-state index in [1.807, 2.05) is 0 Å². The first-order valence-electron chi connectivity index (χ1n) is 7.46. The maximum atomic E-state index is 11.0. The summed E-state index contributed by atoms with van der Waals surface area (Å²) >= 11 is 0. The van der Waals surface area contributed by atoms with E-state index in [4.69, 9.17) is 4.74 Å². The summed E-state index contributed by atoms with van der Waals surface area (Å²) in [5.41, 5.74) is 3.77. The third kappa shape index (κ3) is 5.60. The highest BCUT2D eigenvalue weighted by molar-refractivity contribution is 5.66. The predicted octanol–water partition coefficient (Wildman–Crippen LogP) is 4.63. The molecule has 2 heteroatoms. The summed E-state index contributed by atoms with van der Waals surface area (Å²) in [6, 6.07) is 8.47. The largest absolute Gasteiger partial charge is 0.461 e. The second-order valence-electron chi connectivity index (χ2n) is 5.46. The molecule has 0 aliphatic carbocycles. The Morgan fingerprint density at radius 1 is 1.30 bits per heavy atom. The van der Waals surface area contributed by atoms with Crippen molar-refractivity contribution in [2.45, 2.75) is 47.0 Å². The Labute approximate surface area is 122 Å². The van der Waals surface area contributed by atoms with E-state index < -0.39 is 0 Å². The Morgan fingerprint density at radius 2 is 2.00 bits per heavy atom. The molecule has 20 heavy (non-hydrogen) atoms. The maximum absolute atomic E-state index is 11.0. The van der Waals surface area contributed by atoms with Crippen LogP contribution in [0, 0.1) is 5.92 Å². The van der Waals surface area contributed by atoms with Crippen molar-refractivity contribution in [3.8, 4) is 0 Å². The quantitative estimate of drug-likeness (QED) is 0.677. The van der Waals surface area contributed by atoms with Crippen molar-refractivity contribution in [1.82, 2.24) is 0 Å². The molecule has 0 heterocycles. The van der Waals surface area contributed by atoms with Crippen LogP contribution in [0.25, 0.3) is 6.08 Å². The van der Waals surface area contributed by atoms with Crippen LogP contribution in [0.4, 0.5) is 0 Å². The summed E-state index contributed by atoms with van der Waals surface area (Å²) in [7, 11) is 0. The summed E-state index contributed by atoms with van der Waals surface area (Å²) in [4.78, 5) is 11.0. The van der Waals surface area contributed by atoms with Crippen LogP contribution >= 0.6 is 0 Å². The first-order chi connectivity index (χ1) is 9.54. The van der Waals surface area contributed by atoms with Crippen molar-refractivity contribution in [3.63, 3.8) is 0 Å². The fourth-order valence-corrected chi connectivity index (χ4v) is 2.03. The molecule has 0 spiro atoms. The average Bonchev–Trinajstić information content (AvgIpc) is 2.41. The minimum atomic E-state index is -0.226. The molecule has 0 atom stereocenters. The molecule has 0 aromatic heterocycles. The molecule has 0 aliphatic rings. The number of benzene rings is 1. The van der Waals surface area contributed by atoms with Crippen LogP contribution in [0.15, 0.2) is 29.8 Å². The van der Waals surface area contributed by atoms with Gasteiger partial charge >= 0.3 is 5.97 Å². The zero-order chi connectivity index (χ0) is 15.0. The lowest BCUT2D eigenvalue weighted by Gasteiger charge is -2.13. The van der Waals surface area contributed by atoms with Gasteiger partial charge in [0.1, 0.15) is 6.61 Å². The standard InChI is InChI=1S/C18H26O2/c1-5-6-9-16-10-7-8-11-17(16)12-18(14(2)3)13-20-15(4)19/h7-8,10-12,14H,5-6,9,13H2,1-4H3. The first-order valence-corrected chi connectivity index (χ1v) is 7.46. The highest BCUT2D eigenvalue weighted by Gasteiger charge is 2.07. The van der Waals surface area contributed by atoms with Crippen LogP contribution in [0.3, 0.4) is 0 Å². The minimum absolute atomic E-state index is 0.226. The Hall–Kier alpha value is -1.57. The summed E-state index contributed by atoms with van der Waals surface area (Å²) in [6.07, 6.45) is 5.68. The van der Waals surface area contributed by atoms with Crippen molar-refractivity contribution < 1.29 is 9.53 Å². The van der Waals surface area contributed by atoms with Gasteiger partial charge in [-0.1, -0.05) is 57.5 Å². The van der Waals surface area contributed by atoms with E-state index in [1.54, 1.807) is 0 Å². The van der Waals surface area contributed by atoms with Crippen LogP contribution in [-0.4, -0.2) is 12.6 Å². The monoisotopic (exact) mass is 274 g/mol. The van der Waals surface area contributed by atoms with Crippen LogP contribution in [-0.2, 0) is 16.0 Å². The van der Waals surface area contributed by atoms with Gasteiger partial charge in [-0.25, -0.2) is 0 Å². The molecule has 1 aromatic rings. The number of unbranched alkanes of at least 4 members (excludes halogenated alkanes) is 1. The fraction of sp³-hybridized carbons (Fsp3) is 0.500. The lowest BCUT2D eigenvalue weighted by Crippen LogP contribution is -2.07. The number of carbonyl (C=O) groups excluding carboxylic acids is 1. The molecule has 0 radical (unpaired) electrons. The molecule has 110 valence electrons. The van der Waals surface area contributed by atoms with E-state index in [-0.39, 0.29) is 5.97 Å². The summed E-state index contributed by atoms with van der Waals surface area (Å²) in [5, 5.41) is 0. The van der Waals surface area contributed by atoms with Crippen molar-refractivity contribution >= 4 is 12.0 Å². The van der Waals surface area contributed by atoms with Gasteiger partial charge in [0.15, 0.2) is 0 Å². The van der Waals surface area contributed by atoms with Gasteiger partial charge in [0.25, 0.3) is 0 Å². The molecule has 1 aromatic carbocycles. The normalized spacial score (nSPS) is 11.8. The number of aryl methyl sites for hydroxylation is 1. The number of esters is 1. The topological polar surface area (TPSA) is 26.3 Å². The molecule has 0 unspecified atom stereocenters. The number of carbonyl (C=O) groups is 1. The first kappa shape index (κ1) is 16.5. The molecule has 0 fully saturated rings. The number of hydrogen-bond donors (Lipinski definition) is 0. The van der Waals surface area contributed by atoms with Crippen LogP contribution in [0.2, 0.25) is 0 Å². The third-order valence-electron chi connectivity index (χ3n) is 3.38. The smallest absolute Gasteiger partial charge is 0.302 e. The van der Waals surface area contributed by atoms with Crippen LogP contribution < -0.4 is 0 Å².